The standard InChI is InChI=1S/C14H21NO/c1-16-11-5-4-9-14(15)10-8-12-6-2-3-7-13(12)14/h2-3,6-7H,4-5,8-11,15H2,1H3. The lowest BCUT2D eigenvalue weighted by Gasteiger charge is -2.25. The molecule has 0 amide bonds. The normalized spacial score (nSPS) is 23.4. The maximum Gasteiger partial charge on any atom is 0.0462 e. The fourth-order valence-corrected chi connectivity index (χ4v) is 2.66. The Kier molecular flexibility index (Phi) is 3.62. The highest BCUT2D eigenvalue weighted by molar-refractivity contribution is 5.38. The molecule has 0 aliphatic heterocycles. The molecule has 2 nitrogen and oxygen atoms in total. The second kappa shape index (κ2) is 4.98. The van der Waals surface area contributed by atoms with Crippen LogP contribution in [0.25, 0.3) is 0 Å². The zero-order chi connectivity index (χ0) is 11.4. The number of hydrogen-bond acceptors (Lipinski definition) is 2. The lowest BCUT2D eigenvalue weighted by Crippen LogP contribution is -2.34. The number of benzene rings is 1. The summed E-state index contributed by atoms with van der Waals surface area (Å²) in [6.45, 7) is 0.845. The zero-order valence-corrected chi connectivity index (χ0v) is 10.0. The van der Waals surface area contributed by atoms with Gasteiger partial charge in [0.05, 0.1) is 0 Å². The van der Waals surface area contributed by atoms with Gasteiger partial charge in [0, 0.05) is 19.3 Å². The Balaban J connectivity index is 1.99. The lowest BCUT2D eigenvalue weighted by molar-refractivity contribution is 0.188. The number of methoxy groups -OCH3 is 1. The molecular formula is C14H21NO. The number of ether oxygens (including phenoxy) is 1. The van der Waals surface area contributed by atoms with Gasteiger partial charge >= 0.3 is 0 Å². The molecule has 2 rings (SSSR count). The van der Waals surface area contributed by atoms with Crippen molar-refractivity contribution in [3.8, 4) is 0 Å². The van der Waals surface area contributed by atoms with Gasteiger partial charge in [-0.1, -0.05) is 24.3 Å². The molecular weight excluding hydrogens is 198 g/mol. The maximum atomic E-state index is 6.51. The highest BCUT2D eigenvalue weighted by Gasteiger charge is 2.33. The molecule has 0 heterocycles. The van der Waals surface area contributed by atoms with Gasteiger partial charge in [0.2, 0.25) is 0 Å². The van der Waals surface area contributed by atoms with Gasteiger partial charge in [-0.15, -0.1) is 0 Å². The van der Waals surface area contributed by atoms with Crippen LogP contribution in [-0.2, 0) is 16.7 Å². The highest BCUT2D eigenvalue weighted by Crippen LogP contribution is 2.38. The van der Waals surface area contributed by atoms with E-state index in [1.165, 1.54) is 11.1 Å². The topological polar surface area (TPSA) is 35.2 Å². The van der Waals surface area contributed by atoms with Crippen molar-refractivity contribution in [2.24, 2.45) is 5.73 Å². The van der Waals surface area contributed by atoms with Crippen LogP contribution in [0.4, 0.5) is 0 Å². The van der Waals surface area contributed by atoms with E-state index in [1.807, 2.05) is 0 Å². The molecule has 1 aliphatic rings. The molecule has 0 fully saturated rings. The molecule has 1 aromatic carbocycles. The summed E-state index contributed by atoms with van der Waals surface area (Å²) < 4.78 is 5.07. The van der Waals surface area contributed by atoms with E-state index >= 15 is 0 Å². The molecule has 0 saturated heterocycles. The molecule has 1 aromatic rings. The minimum absolute atomic E-state index is 0.0790. The van der Waals surface area contributed by atoms with Crippen LogP contribution in [0.2, 0.25) is 0 Å². The van der Waals surface area contributed by atoms with Crippen molar-refractivity contribution in [2.75, 3.05) is 13.7 Å². The highest BCUT2D eigenvalue weighted by atomic mass is 16.5. The molecule has 2 heteroatoms. The van der Waals surface area contributed by atoms with E-state index in [0.717, 1.165) is 38.7 Å². The third-order valence-electron chi connectivity index (χ3n) is 3.62. The maximum absolute atomic E-state index is 6.51. The van der Waals surface area contributed by atoms with Crippen LogP contribution in [0.5, 0.6) is 0 Å². The van der Waals surface area contributed by atoms with E-state index in [4.69, 9.17) is 10.5 Å². The first-order valence-corrected chi connectivity index (χ1v) is 6.12. The quantitative estimate of drug-likeness (QED) is 0.773. The predicted octanol–water partition coefficient (Wildman–Crippen LogP) is 2.60. The predicted molar refractivity (Wildman–Crippen MR) is 66.4 cm³/mol. The SMILES string of the molecule is COCCCCC1(N)CCc2ccccc21. The van der Waals surface area contributed by atoms with E-state index in [0.29, 0.717) is 0 Å². The van der Waals surface area contributed by atoms with Crippen LogP contribution in [0.15, 0.2) is 24.3 Å². The zero-order valence-electron chi connectivity index (χ0n) is 10.0. The summed E-state index contributed by atoms with van der Waals surface area (Å²) in [5, 5.41) is 0. The number of fused-ring (bicyclic) bond motifs is 1. The van der Waals surface area contributed by atoms with Gasteiger partial charge in [0.1, 0.15) is 0 Å². The molecule has 0 radical (unpaired) electrons. The van der Waals surface area contributed by atoms with Gasteiger partial charge < -0.3 is 10.5 Å². The van der Waals surface area contributed by atoms with Crippen molar-refractivity contribution < 1.29 is 4.74 Å². The van der Waals surface area contributed by atoms with Crippen molar-refractivity contribution in [3.05, 3.63) is 35.4 Å². The van der Waals surface area contributed by atoms with Crippen molar-refractivity contribution in [1.29, 1.82) is 0 Å². The third kappa shape index (κ3) is 2.28. The Bertz CT molecular complexity index is 350. The van der Waals surface area contributed by atoms with Crippen molar-refractivity contribution in [1.82, 2.24) is 0 Å². The smallest absolute Gasteiger partial charge is 0.0462 e. The number of rotatable bonds is 5. The van der Waals surface area contributed by atoms with Gasteiger partial charge in [-0.05, 0) is 43.2 Å². The molecule has 0 bridgehead atoms. The Morgan fingerprint density at radius 1 is 1.31 bits per heavy atom. The van der Waals surface area contributed by atoms with Crippen molar-refractivity contribution in [3.63, 3.8) is 0 Å². The molecule has 88 valence electrons. The summed E-state index contributed by atoms with van der Waals surface area (Å²) in [4.78, 5) is 0. The lowest BCUT2D eigenvalue weighted by atomic mass is 9.87. The number of hydrogen-bond donors (Lipinski definition) is 1. The minimum atomic E-state index is -0.0790. The Morgan fingerprint density at radius 3 is 2.94 bits per heavy atom. The van der Waals surface area contributed by atoms with Gasteiger partial charge in [0.25, 0.3) is 0 Å². The molecule has 0 saturated carbocycles. The van der Waals surface area contributed by atoms with Crippen LogP contribution in [0, 0.1) is 0 Å². The van der Waals surface area contributed by atoms with Gasteiger partial charge in [-0.3, -0.25) is 0 Å². The molecule has 1 aliphatic carbocycles. The Hall–Kier alpha value is -0.860. The second-order valence-corrected chi connectivity index (χ2v) is 4.76. The summed E-state index contributed by atoms with van der Waals surface area (Å²) in [6, 6.07) is 8.61. The van der Waals surface area contributed by atoms with Crippen LogP contribution in [-0.4, -0.2) is 13.7 Å². The fraction of sp³-hybridized carbons (Fsp3) is 0.571. The molecule has 0 spiro atoms. The molecule has 1 unspecified atom stereocenters. The van der Waals surface area contributed by atoms with Crippen molar-refractivity contribution in [2.45, 2.75) is 37.6 Å². The van der Waals surface area contributed by atoms with E-state index in [2.05, 4.69) is 24.3 Å². The molecule has 1 atom stereocenters. The first-order valence-electron chi connectivity index (χ1n) is 6.12. The minimum Gasteiger partial charge on any atom is -0.385 e. The van der Waals surface area contributed by atoms with E-state index in [-0.39, 0.29) is 5.54 Å². The van der Waals surface area contributed by atoms with E-state index < -0.39 is 0 Å². The molecule has 2 N–H and O–H groups in total. The number of aryl methyl sites for hydroxylation is 1. The van der Waals surface area contributed by atoms with Crippen LogP contribution in [0.3, 0.4) is 0 Å². The summed E-state index contributed by atoms with van der Waals surface area (Å²) in [6.07, 6.45) is 5.57. The fourth-order valence-electron chi connectivity index (χ4n) is 2.66. The molecule has 16 heavy (non-hydrogen) atoms. The van der Waals surface area contributed by atoms with Gasteiger partial charge in [0.15, 0.2) is 0 Å². The van der Waals surface area contributed by atoms with Crippen molar-refractivity contribution >= 4 is 0 Å². The van der Waals surface area contributed by atoms with E-state index in [1.54, 1.807) is 7.11 Å². The van der Waals surface area contributed by atoms with E-state index in [9.17, 15) is 0 Å². The first-order chi connectivity index (χ1) is 7.76. The van der Waals surface area contributed by atoms with Gasteiger partial charge in [-0.25, -0.2) is 0 Å². The summed E-state index contributed by atoms with van der Waals surface area (Å²) in [5.41, 5.74) is 9.24. The largest absolute Gasteiger partial charge is 0.385 e. The number of unbranched alkanes of at least 4 members (excludes halogenated alkanes) is 1. The Morgan fingerprint density at radius 2 is 2.12 bits per heavy atom. The Labute approximate surface area is 97.8 Å². The second-order valence-electron chi connectivity index (χ2n) is 4.76. The third-order valence-corrected chi connectivity index (χ3v) is 3.62. The summed E-state index contributed by atoms with van der Waals surface area (Å²) in [5.74, 6) is 0. The molecule has 0 aromatic heterocycles. The summed E-state index contributed by atoms with van der Waals surface area (Å²) >= 11 is 0. The first kappa shape index (κ1) is 11.6. The van der Waals surface area contributed by atoms with Crippen LogP contribution in [0.1, 0.15) is 36.8 Å². The van der Waals surface area contributed by atoms with Crippen LogP contribution < -0.4 is 5.73 Å². The summed E-state index contributed by atoms with van der Waals surface area (Å²) in [7, 11) is 1.75. The monoisotopic (exact) mass is 219 g/mol. The average molecular weight is 219 g/mol. The van der Waals surface area contributed by atoms with Crippen LogP contribution >= 0.6 is 0 Å². The number of nitrogens with two attached hydrogens (primary N) is 1. The van der Waals surface area contributed by atoms with Gasteiger partial charge in [-0.2, -0.15) is 0 Å². The average Bonchev–Trinajstić information content (AvgIpc) is 2.64.